The number of rotatable bonds is 12. The zero-order valence-corrected chi connectivity index (χ0v) is 25.5. The quantitative estimate of drug-likeness (QED) is 0.219. The highest BCUT2D eigenvalue weighted by atomic mass is 16.7. The Morgan fingerprint density at radius 2 is 1.59 bits per heavy atom. The van der Waals surface area contributed by atoms with Crippen LogP contribution >= 0.6 is 0 Å². The zero-order chi connectivity index (χ0) is 33.2. The minimum absolute atomic E-state index is 0.120. The molecule has 0 spiro atoms. The Kier molecular flexibility index (Phi) is 13.0. The van der Waals surface area contributed by atoms with Gasteiger partial charge in [-0.2, -0.15) is 0 Å². The van der Waals surface area contributed by atoms with Gasteiger partial charge in [0.25, 0.3) is 0 Å². The van der Waals surface area contributed by atoms with E-state index in [0.29, 0.717) is 18.5 Å². The molecule has 0 aromatic carbocycles. The molecule has 44 heavy (non-hydrogen) atoms. The van der Waals surface area contributed by atoms with Crippen molar-refractivity contribution in [2.24, 2.45) is 0 Å². The van der Waals surface area contributed by atoms with E-state index in [1.807, 2.05) is 0 Å². The molecule has 2 N–H and O–H groups in total. The van der Waals surface area contributed by atoms with Crippen molar-refractivity contribution in [2.45, 2.75) is 96.7 Å². The van der Waals surface area contributed by atoms with Crippen LogP contribution in [0.2, 0.25) is 0 Å². The number of aryl methyl sites for hydroxylation is 1. The zero-order valence-electron chi connectivity index (χ0n) is 25.5. The molecule has 0 radical (unpaired) electrons. The predicted octanol–water partition coefficient (Wildman–Crippen LogP) is -0.495. The van der Waals surface area contributed by atoms with Crippen molar-refractivity contribution >= 4 is 35.9 Å². The Morgan fingerprint density at radius 1 is 1.00 bits per heavy atom. The molecule has 0 bridgehead atoms. The maximum atomic E-state index is 13.4. The molecule has 0 unspecified atom stereocenters. The smallest absolute Gasteiger partial charge is 0.408 e. The summed E-state index contributed by atoms with van der Waals surface area (Å²) < 4.78 is 38.2. The second-order valence-corrected chi connectivity index (χ2v) is 10.5. The Hall–Kier alpha value is -4.32. The third-order valence-electron chi connectivity index (χ3n) is 5.63. The highest BCUT2D eigenvalue weighted by Gasteiger charge is 2.56. The van der Waals surface area contributed by atoms with Gasteiger partial charge in [-0.25, -0.2) is 19.1 Å². The number of nitrogens with one attached hydrogen (secondary N) is 1. The fourth-order valence-corrected chi connectivity index (χ4v) is 4.01. The van der Waals surface area contributed by atoms with Crippen LogP contribution in [0.1, 0.15) is 59.9 Å². The first-order valence-corrected chi connectivity index (χ1v) is 13.5. The number of carbonyl (C=O) groups is 6. The van der Waals surface area contributed by atoms with Crippen molar-refractivity contribution in [3.8, 4) is 0 Å². The summed E-state index contributed by atoms with van der Waals surface area (Å²) in [6.07, 6.45) is -7.08. The lowest BCUT2D eigenvalue weighted by atomic mass is 9.96. The van der Waals surface area contributed by atoms with Crippen LogP contribution in [0.15, 0.2) is 6.20 Å². The maximum Gasteiger partial charge on any atom is 0.408 e. The van der Waals surface area contributed by atoms with Crippen LogP contribution in [-0.4, -0.2) is 112 Å². The standard InChI is InChI=1S/C26H38N4O14/c1-13(32)40-18-19(41-14(2)33)21(24(36)39-12-17(23(35)38-7)27-25(37)44-26(4,5)6)43-22(20(18)42-15(3)34)30-11-16(28-29-30)9-8-10-31/h11,17-22,31H,8-10,12H2,1-7H3,(H,27,37)/t17-,18-,19-,20+,21-,22+/m0/s1. The first-order chi connectivity index (χ1) is 20.6. The molecule has 2 rings (SSSR count). The van der Waals surface area contributed by atoms with Gasteiger partial charge in [-0.05, 0) is 33.6 Å². The fourth-order valence-electron chi connectivity index (χ4n) is 4.01. The average Bonchev–Trinajstić information content (AvgIpc) is 3.38. The van der Waals surface area contributed by atoms with Crippen molar-refractivity contribution < 1.29 is 67.0 Å². The Bertz CT molecular complexity index is 1200. The number of alkyl carbamates (subject to hydrolysis) is 1. The van der Waals surface area contributed by atoms with Gasteiger partial charge >= 0.3 is 35.9 Å². The van der Waals surface area contributed by atoms with E-state index in [2.05, 4.69) is 20.4 Å². The number of methoxy groups -OCH3 is 1. The molecule has 1 saturated heterocycles. The minimum atomic E-state index is -1.84. The maximum absolute atomic E-state index is 13.4. The van der Waals surface area contributed by atoms with E-state index in [1.54, 1.807) is 20.8 Å². The molecule has 18 heteroatoms. The van der Waals surface area contributed by atoms with Crippen LogP contribution in [-0.2, 0) is 63.6 Å². The molecule has 1 aromatic rings. The predicted molar refractivity (Wildman–Crippen MR) is 142 cm³/mol. The van der Waals surface area contributed by atoms with E-state index >= 15 is 0 Å². The first kappa shape index (κ1) is 35.9. The number of aromatic nitrogens is 3. The summed E-state index contributed by atoms with van der Waals surface area (Å²) in [5.74, 6) is -4.84. The monoisotopic (exact) mass is 630 g/mol. The van der Waals surface area contributed by atoms with Crippen LogP contribution in [0.4, 0.5) is 4.79 Å². The minimum Gasteiger partial charge on any atom is -0.467 e. The second kappa shape index (κ2) is 15.9. The SMILES string of the molecule is COC(=O)[C@H](COC(=O)[C@H]1O[C@@H](n2cc(CCCO)nn2)[C@H](OC(C)=O)[C@@H](OC(C)=O)[C@@H]1OC(C)=O)NC(=O)OC(C)(C)C. The third-order valence-corrected chi connectivity index (χ3v) is 5.63. The molecule has 1 amide bonds. The highest BCUT2D eigenvalue weighted by Crippen LogP contribution is 2.35. The van der Waals surface area contributed by atoms with Crippen LogP contribution in [0.5, 0.6) is 0 Å². The van der Waals surface area contributed by atoms with E-state index in [-0.39, 0.29) is 6.61 Å². The largest absolute Gasteiger partial charge is 0.467 e. The van der Waals surface area contributed by atoms with Crippen LogP contribution < -0.4 is 5.32 Å². The van der Waals surface area contributed by atoms with Crippen molar-refractivity contribution in [1.82, 2.24) is 20.3 Å². The van der Waals surface area contributed by atoms with Gasteiger partial charge in [0, 0.05) is 27.4 Å². The van der Waals surface area contributed by atoms with Crippen molar-refractivity contribution in [1.29, 1.82) is 0 Å². The molecule has 0 aliphatic carbocycles. The summed E-state index contributed by atoms with van der Waals surface area (Å²) in [6, 6.07) is -1.52. The van der Waals surface area contributed by atoms with Crippen LogP contribution in [0.25, 0.3) is 0 Å². The van der Waals surface area contributed by atoms with E-state index < -0.39 is 84.8 Å². The topological polar surface area (TPSA) is 230 Å². The van der Waals surface area contributed by atoms with Gasteiger partial charge < -0.3 is 43.6 Å². The van der Waals surface area contributed by atoms with E-state index in [1.165, 1.54) is 6.20 Å². The van der Waals surface area contributed by atoms with Gasteiger partial charge in [0.2, 0.25) is 0 Å². The molecule has 1 aromatic heterocycles. The number of aliphatic hydroxyl groups excluding tert-OH is 1. The van der Waals surface area contributed by atoms with Gasteiger partial charge in [-0.1, -0.05) is 5.21 Å². The van der Waals surface area contributed by atoms with Crippen molar-refractivity contribution in [3.63, 3.8) is 0 Å². The highest BCUT2D eigenvalue weighted by molar-refractivity contribution is 5.82. The molecule has 1 fully saturated rings. The molecule has 0 saturated carbocycles. The Labute approximate surface area is 252 Å². The van der Waals surface area contributed by atoms with Gasteiger partial charge in [0.1, 0.15) is 12.2 Å². The molecular weight excluding hydrogens is 592 g/mol. The number of carbonyl (C=O) groups excluding carboxylic acids is 6. The number of ether oxygens (including phenoxy) is 7. The molecule has 1 aliphatic heterocycles. The summed E-state index contributed by atoms with van der Waals surface area (Å²) in [7, 11) is 1.05. The molecule has 1 aliphatic rings. The second-order valence-electron chi connectivity index (χ2n) is 10.5. The van der Waals surface area contributed by atoms with Crippen molar-refractivity contribution in [2.75, 3.05) is 20.3 Å². The number of amides is 1. The Morgan fingerprint density at radius 3 is 2.14 bits per heavy atom. The van der Waals surface area contributed by atoms with E-state index in [0.717, 1.165) is 32.6 Å². The molecule has 2 heterocycles. The normalized spacial score (nSPS) is 22.1. The summed E-state index contributed by atoms with van der Waals surface area (Å²) >= 11 is 0. The molecule has 18 nitrogen and oxygen atoms in total. The van der Waals surface area contributed by atoms with E-state index in [9.17, 15) is 28.8 Å². The van der Waals surface area contributed by atoms with Gasteiger partial charge in [0.15, 0.2) is 36.7 Å². The molecule has 246 valence electrons. The van der Waals surface area contributed by atoms with Crippen LogP contribution in [0.3, 0.4) is 0 Å². The third kappa shape index (κ3) is 10.7. The fraction of sp³-hybridized carbons (Fsp3) is 0.692. The lowest BCUT2D eigenvalue weighted by Gasteiger charge is -2.43. The summed E-state index contributed by atoms with van der Waals surface area (Å²) in [5, 5.41) is 19.3. The number of hydrogen-bond acceptors (Lipinski definition) is 16. The average molecular weight is 631 g/mol. The lowest BCUT2D eigenvalue weighted by Crippen LogP contribution is -2.62. The van der Waals surface area contributed by atoms with Gasteiger partial charge in [-0.15, -0.1) is 5.10 Å². The number of esters is 5. The van der Waals surface area contributed by atoms with E-state index in [4.69, 9.17) is 33.5 Å². The van der Waals surface area contributed by atoms with Gasteiger partial charge in [0.05, 0.1) is 19.0 Å². The summed E-state index contributed by atoms with van der Waals surface area (Å²) in [5.41, 5.74) is -0.503. The van der Waals surface area contributed by atoms with Crippen LogP contribution in [0, 0.1) is 0 Å². The number of nitrogens with zero attached hydrogens (tertiary/aromatic N) is 3. The number of aliphatic hydroxyl groups is 1. The summed E-state index contributed by atoms with van der Waals surface area (Å²) in [4.78, 5) is 74.3. The molecule has 6 atom stereocenters. The Balaban J connectivity index is 2.46. The molecular formula is C26H38N4O14. The summed E-state index contributed by atoms with van der Waals surface area (Å²) in [6.45, 7) is 7.02. The van der Waals surface area contributed by atoms with Gasteiger partial charge in [-0.3, -0.25) is 14.4 Å². The van der Waals surface area contributed by atoms with Crippen molar-refractivity contribution in [3.05, 3.63) is 11.9 Å². The first-order valence-electron chi connectivity index (χ1n) is 13.5. The lowest BCUT2D eigenvalue weighted by molar-refractivity contribution is -0.265. The number of hydrogen-bond donors (Lipinski definition) is 2.